The van der Waals surface area contributed by atoms with Crippen molar-refractivity contribution in [2.24, 2.45) is 5.92 Å². The van der Waals surface area contributed by atoms with Gasteiger partial charge in [0.1, 0.15) is 5.69 Å². The minimum atomic E-state index is -4.26. The molecule has 1 aromatic heterocycles. The first kappa shape index (κ1) is 19.9. The van der Waals surface area contributed by atoms with Crippen LogP contribution in [0.5, 0.6) is 0 Å². The number of alkyl halides is 3. The number of nitrogens with zero attached hydrogens (tertiary/aromatic N) is 2. The summed E-state index contributed by atoms with van der Waals surface area (Å²) in [6.07, 6.45) is 0.104. The minimum absolute atomic E-state index is 0. The van der Waals surface area contributed by atoms with E-state index < -0.39 is 11.9 Å². The van der Waals surface area contributed by atoms with Crippen molar-refractivity contribution in [3.05, 3.63) is 23.5 Å². The van der Waals surface area contributed by atoms with Crippen LogP contribution in [-0.2, 0) is 18.3 Å². The van der Waals surface area contributed by atoms with Gasteiger partial charge in [0.05, 0.1) is 5.54 Å². The Morgan fingerprint density at radius 2 is 1.75 bits per heavy atom. The lowest BCUT2D eigenvalue weighted by Crippen LogP contribution is -2.57. The number of aromatic nitrogens is 1. The van der Waals surface area contributed by atoms with Crippen LogP contribution in [0.2, 0.25) is 0 Å². The maximum atomic E-state index is 13.2. The number of hydrogen-bond donors (Lipinski definition) is 1. The van der Waals surface area contributed by atoms with Crippen LogP contribution in [0.3, 0.4) is 0 Å². The molecule has 0 bridgehead atoms. The third-order valence-electron chi connectivity index (χ3n) is 5.55. The zero-order valence-electron chi connectivity index (χ0n) is 13.4. The molecule has 4 rings (SSSR count). The van der Waals surface area contributed by atoms with Gasteiger partial charge in [-0.1, -0.05) is 0 Å². The average Bonchev–Trinajstić information content (AvgIpc) is 3.17. The molecule has 0 radical (unpaired) electrons. The van der Waals surface area contributed by atoms with Gasteiger partial charge in [-0.15, -0.1) is 24.8 Å². The highest BCUT2D eigenvalue weighted by molar-refractivity contribution is 5.85. The van der Waals surface area contributed by atoms with Crippen molar-refractivity contribution in [3.63, 3.8) is 0 Å². The van der Waals surface area contributed by atoms with Crippen LogP contribution in [-0.4, -0.2) is 35.6 Å². The van der Waals surface area contributed by atoms with E-state index in [4.69, 9.17) is 0 Å². The highest BCUT2D eigenvalue weighted by Crippen LogP contribution is 2.45. The first-order chi connectivity index (χ1) is 10.5. The van der Waals surface area contributed by atoms with Crippen molar-refractivity contribution < 1.29 is 13.2 Å². The summed E-state index contributed by atoms with van der Waals surface area (Å²) in [5.41, 5.74) is 0.204. The van der Waals surface area contributed by atoms with Gasteiger partial charge < -0.3 is 9.88 Å². The summed E-state index contributed by atoms with van der Waals surface area (Å²) in [7, 11) is 0. The molecule has 1 aromatic rings. The van der Waals surface area contributed by atoms with Gasteiger partial charge in [-0.25, -0.2) is 0 Å². The van der Waals surface area contributed by atoms with Crippen molar-refractivity contribution in [2.45, 2.75) is 43.9 Å². The van der Waals surface area contributed by atoms with Crippen LogP contribution in [0.4, 0.5) is 13.2 Å². The summed E-state index contributed by atoms with van der Waals surface area (Å²) >= 11 is 0. The number of piperidine rings is 1. The van der Waals surface area contributed by atoms with Gasteiger partial charge in [-0.05, 0) is 56.8 Å². The second-order valence-electron chi connectivity index (χ2n) is 6.92. The number of nitrogens with one attached hydrogen (secondary N) is 1. The van der Waals surface area contributed by atoms with Crippen molar-refractivity contribution in [2.75, 3.05) is 26.2 Å². The largest absolute Gasteiger partial charge is 0.431 e. The molecule has 1 aliphatic carbocycles. The predicted octanol–water partition coefficient (Wildman–Crippen LogP) is 3.65. The Labute approximate surface area is 152 Å². The van der Waals surface area contributed by atoms with E-state index in [0.29, 0.717) is 6.54 Å². The van der Waals surface area contributed by atoms with Crippen molar-refractivity contribution in [1.82, 2.24) is 14.8 Å². The zero-order valence-corrected chi connectivity index (χ0v) is 15.1. The lowest BCUT2D eigenvalue weighted by atomic mass is 9.81. The minimum Gasteiger partial charge on any atom is -0.338 e. The van der Waals surface area contributed by atoms with E-state index in [1.54, 1.807) is 6.07 Å². The van der Waals surface area contributed by atoms with Gasteiger partial charge >= 0.3 is 6.18 Å². The fourth-order valence-electron chi connectivity index (χ4n) is 4.25. The van der Waals surface area contributed by atoms with Gasteiger partial charge in [0, 0.05) is 25.3 Å². The molecule has 2 aliphatic heterocycles. The molecule has 2 fully saturated rings. The van der Waals surface area contributed by atoms with Crippen LogP contribution in [0.25, 0.3) is 0 Å². The fraction of sp³-hybridized carbons (Fsp3) is 0.750. The molecular weight excluding hydrogens is 362 g/mol. The third kappa shape index (κ3) is 3.30. The highest BCUT2D eigenvalue weighted by atomic mass is 35.5. The lowest BCUT2D eigenvalue weighted by molar-refractivity contribution is -0.145. The first-order valence-electron chi connectivity index (χ1n) is 8.24. The molecule has 1 spiro atoms. The van der Waals surface area contributed by atoms with E-state index in [1.807, 2.05) is 0 Å². The molecule has 3 aliphatic rings. The first-order valence-corrected chi connectivity index (χ1v) is 8.24. The molecule has 24 heavy (non-hydrogen) atoms. The maximum absolute atomic E-state index is 13.2. The second kappa shape index (κ2) is 7.06. The molecule has 0 atom stereocenters. The summed E-state index contributed by atoms with van der Waals surface area (Å²) in [5.74, 6) is 0.760. The number of rotatable bonds is 2. The Bertz CT molecular complexity index is 563. The van der Waals surface area contributed by atoms with Crippen LogP contribution in [0.15, 0.2) is 12.1 Å². The summed E-state index contributed by atoms with van der Waals surface area (Å²) in [4.78, 5) is 2.49. The second-order valence-corrected chi connectivity index (χ2v) is 6.92. The van der Waals surface area contributed by atoms with Gasteiger partial charge in [0.2, 0.25) is 0 Å². The molecule has 0 amide bonds. The molecule has 1 saturated carbocycles. The molecule has 138 valence electrons. The SMILES string of the molecule is Cl.Cl.FC(F)(F)c1ccc2n1CCN(CC1CC1)C21CCNCC1. The Balaban J connectivity index is 0.00000104. The van der Waals surface area contributed by atoms with Crippen LogP contribution in [0, 0.1) is 5.92 Å². The van der Waals surface area contributed by atoms with Crippen molar-refractivity contribution in [3.8, 4) is 0 Å². The van der Waals surface area contributed by atoms with Crippen molar-refractivity contribution in [1.29, 1.82) is 0 Å². The van der Waals surface area contributed by atoms with Gasteiger partial charge in [0.15, 0.2) is 0 Å². The summed E-state index contributed by atoms with van der Waals surface area (Å²) in [5, 5.41) is 3.36. The Morgan fingerprint density at radius 3 is 2.33 bits per heavy atom. The molecule has 1 N–H and O–H groups in total. The standard InChI is InChI=1S/C16H22F3N3.2ClH/c17-16(18,19)14-4-3-13-15(5-7-20-8-6-15)21(9-10-22(13)14)11-12-1-2-12;;/h3-4,12,20H,1-2,5-11H2;2*1H. The van der Waals surface area contributed by atoms with E-state index in [1.165, 1.54) is 23.5 Å². The van der Waals surface area contributed by atoms with E-state index >= 15 is 0 Å². The average molecular weight is 386 g/mol. The summed E-state index contributed by atoms with van der Waals surface area (Å²) in [6.45, 7) is 4.01. The molecule has 3 nitrogen and oxygen atoms in total. The summed E-state index contributed by atoms with van der Waals surface area (Å²) in [6, 6.07) is 3.01. The molecule has 8 heteroatoms. The monoisotopic (exact) mass is 385 g/mol. The molecule has 1 saturated heterocycles. The number of fused-ring (bicyclic) bond motifs is 2. The molecular formula is C16H24Cl2F3N3. The van der Waals surface area contributed by atoms with E-state index in [9.17, 15) is 13.2 Å². The fourth-order valence-corrected chi connectivity index (χ4v) is 4.25. The van der Waals surface area contributed by atoms with Gasteiger partial charge in [-0.3, -0.25) is 4.90 Å². The smallest absolute Gasteiger partial charge is 0.338 e. The molecule has 0 aromatic carbocycles. The summed E-state index contributed by atoms with van der Waals surface area (Å²) < 4.78 is 41.2. The van der Waals surface area contributed by atoms with Crippen LogP contribution >= 0.6 is 24.8 Å². The predicted molar refractivity (Wildman–Crippen MR) is 92.0 cm³/mol. The highest BCUT2D eigenvalue weighted by Gasteiger charge is 2.48. The quantitative estimate of drug-likeness (QED) is 0.838. The number of halogens is 5. The Morgan fingerprint density at radius 1 is 1.08 bits per heavy atom. The van der Waals surface area contributed by atoms with Crippen molar-refractivity contribution >= 4 is 24.8 Å². The van der Waals surface area contributed by atoms with E-state index in [2.05, 4.69) is 10.2 Å². The Hall–Kier alpha value is -0.430. The number of hydrogen-bond acceptors (Lipinski definition) is 2. The van der Waals surface area contributed by atoms with Gasteiger partial charge in [0.25, 0.3) is 0 Å². The third-order valence-corrected chi connectivity index (χ3v) is 5.55. The van der Waals surface area contributed by atoms with Crippen LogP contribution in [0.1, 0.15) is 37.1 Å². The van der Waals surface area contributed by atoms with E-state index in [-0.39, 0.29) is 30.4 Å². The van der Waals surface area contributed by atoms with E-state index in [0.717, 1.165) is 50.6 Å². The van der Waals surface area contributed by atoms with Crippen LogP contribution < -0.4 is 5.32 Å². The molecule has 0 unspecified atom stereocenters. The maximum Gasteiger partial charge on any atom is 0.431 e. The normalized spacial score (nSPS) is 23.3. The zero-order chi connectivity index (χ0) is 15.4. The van der Waals surface area contributed by atoms with Gasteiger partial charge in [-0.2, -0.15) is 13.2 Å². The lowest BCUT2D eigenvalue weighted by Gasteiger charge is -2.50. The Kier molecular flexibility index (Phi) is 5.85. The molecule has 3 heterocycles. The topological polar surface area (TPSA) is 20.2 Å².